The van der Waals surface area contributed by atoms with Crippen LogP contribution < -0.4 is 0 Å². The Morgan fingerprint density at radius 1 is 1.50 bits per heavy atom. The fourth-order valence-electron chi connectivity index (χ4n) is 1.40. The number of rotatable bonds is 2. The zero-order valence-electron chi connectivity index (χ0n) is 7.75. The fraction of sp³-hybridized carbons (Fsp3) is 0.111. The third-order valence-corrected chi connectivity index (χ3v) is 3.23. The van der Waals surface area contributed by atoms with E-state index in [4.69, 9.17) is 9.95 Å². The maximum atomic E-state index is 13.6. The van der Waals surface area contributed by atoms with Crippen molar-refractivity contribution in [2.45, 2.75) is 5.33 Å². The average Bonchev–Trinajstić information content (AvgIpc) is 2.63. The van der Waals surface area contributed by atoms with Crippen molar-refractivity contribution in [3.63, 3.8) is 0 Å². The number of fused-ring (bicyclic) bond motifs is 1. The number of hydrogen-bond acceptors (Lipinski definition) is 2. The van der Waals surface area contributed by atoms with Crippen molar-refractivity contribution < 1.29 is 8.81 Å². The molecule has 1 aromatic heterocycles. The molecule has 0 bridgehead atoms. The Kier molecular flexibility index (Phi) is 3.18. The van der Waals surface area contributed by atoms with Crippen LogP contribution in [0.5, 0.6) is 0 Å². The predicted molar refractivity (Wildman–Crippen MR) is 65.3 cm³/mol. The lowest BCUT2D eigenvalue weighted by atomic mass is 10.1. The van der Waals surface area contributed by atoms with Crippen molar-refractivity contribution in [3.8, 4) is 0 Å². The van der Waals surface area contributed by atoms with Crippen molar-refractivity contribution in [2.75, 3.05) is 0 Å². The highest BCUT2D eigenvalue weighted by molar-refractivity contribution is 9.10. The van der Waals surface area contributed by atoms with Gasteiger partial charge in [0, 0.05) is 21.2 Å². The summed E-state index contributed by atoms with van der Waals surface area (Å²) in [6.07, 6.45) is 0. The maximum Gasteiger partial charge on any atom is 0.191 e. The third-order valence-electron chi connectivity index (χ3n) is 2.08. The molecule has 0 aliphatic heterocycles. The lowest BCUT2D eigenvalue weighted by Gasteiger charge is -2.01. The molecular weight excluding hydrogens is 345 g/mol. The van der Waals surface area contributed by atoms with Crippen molar-refractivity contribution in [3.05, 3.63) is 38.4 Å². The first kappa shape index (κ1) is 11.4. The van der Waals surface area contributed by atoms with Gasteiger partial charge < -0.3 is 4.42 Å². The summed E-state index contributed by atoms with van der Waals surface area (Å²) in [5.74, 6) is -0.226. The summed E-state index contributed by atoms with van der Waals surface area (Å²) in [4.78, 5) is 2.62. The van der Waals surface area contributed by atoms with Gasteiger partial charge in [0.15, 0.2) is 5.88 Å². The van der Waals surface area contributed by atoms with Crippen molar-refractivity contribution in [2.24, 2.45) is 5.11 Å². The van der Waals surface area contributed by atoms with Gasteiger partial charge in [-0.2, -0.15) is 0 Å². The molecule has 0 fully saturated rings. The van der Waals surface area contributed by atoms with Crippen LogP contribution in [-0.4, -0.2) is 0 Å². The molecule has 0 spiro atoms. The Balaban J connectivity index is 2.83. The Morgan fingerprint density at radius 3 is 2.88 bits per heavy atom. The second-order valence-electron chi connectivity index (χ2n) is 2.97. The van der Waals surface area contributed by atoms with E-state index in [1.807, 2.05) is 0 Å². The SMILES string of the molecule is [N-]=[N+]=Nc1cc2c(CBr)c(F)cc(Br)c2o1. The molecule has 1 heterocycles. The Labute approximate surface area is 106 Å². The second kappa shape index (κ2) is 4.45. The van der Waals surface area contributed by atoms with Crippen LogP contribution >= 0.6 is 31.9 Å². The molecule has 0 aliphatic carbocycles. The topological polar surface area (TPSA) is 61.9 Å². The van der Waals surface area contributed by atoms with Crippen LogP contribution in [0.25, 0.3) is 21.4 Å². The predicted octanol–water partition coefficient (Wildman–Crippen LogP) is 5.17. The smallest absolute Gasteiger partial charge is 0.191 e. The first-order chi connectivity index (χ1) is 7.67. The Morgan fingerprint density at radius 2 is 2.25 bits per heavy atom. The summed E-state index contributed by atoms with van der Waals surface area (Å²) >= 11 is 6.39. The molecule has 7 heteroatoms. The van der Waals surface area contributed by atoms with Crippen LogP contribution in [0.1, 0.15) is 5.56 Å². The lowest BCUT2D eigenvalue weighted by Crippen LogP contribution is -1.86. The summed E-state index contributed by atoms with van der Waals surface area (Å²) in [5.41, 5.74) is 9.24. The van der Waals surface area contributed by atoms with Gasteiger partial charge in [-0.25, -0.2) is 4.39 Å². The van der Waals surface area contributed by atoms with E-state index in [9.17, 15) is 4.39 Å². The van der Waals surface area contributed by atoms with Gasteiger partial charge in [-0.1, -0.05) is 15.9 Å². The quantitative estimate of drug-likeness (QED) is 0.319. The van der Waals surface area contributed by atoms with Gasteiger partial charge in [-0.05, 0) is 38.7 Å². The minimum absolute atomic E-state index is 0.117. The minimum Gasteiger partial charge on any atom is -0.453 e. The summed E-state index contributed by atoms with van der Waals surface area (Å²) in [7, 11) is 0. The number of nitrogens with zero attached hydrogens (tertiary/aromatic N) is 3. The van der Waals surface area contributed by atoms with Crippen molar-refractivity contribution >= 4 is 48.7 Å². The van der Waals surface area contributed by atoms with E-state index in [1.165, 1.54) is 12.1 Å². The number of hydrogen-bond donors (Lipinski definition) is 0. The summed E-state index contributed by atoms with van der Waals surface area (Å²) in [5, 5.41) is 4.29. The summed E-state index contributed by atoms with van der Waals surface area (Å²) in [6.45, 7) is 0. The highest BCUT2D eigenvalue weighted by atomic mass is 79.9. The van der Waals surface area contributed by atoms with Gasteiger partial charge in [0.05, 0.1) is 4.47 Å². The van der Waals surface area contributed by atoms with Crippen LogP contribution in [0.3, 0.4) is 0 Å². The molecule has 0 atom stereocenters. The average molecular weight is 349 g/mol. The van der Waals surface area contributed by atoms with Crippen LogP contribution in [0, 0.1) is 5.82 Å². The Hall–Kier alpha value is -1.04. The summed E-state index contributed by atoms with van der Waals surface area (Å²) in [6, 6.07) is 2.84. The van der Waals surface area contributed by atoms with Crippen molar-refractivity contribution in [1.29, 1.82) is 0 Å². The molecule has 2 aromatic rings. The van der Waals surface area contributed by atoms with Gasteiger partial charge in [-0.15, -0.1) is 0 Å². The van der Waals surface area contributed by atoms with E-state index in [0.29, 0.717) is 26.3 Å². The van der Waals surface area contributed by atoms with Gasteiger partial charge >= 0.3 is 0 Å². The van der Waals surface area contributed by atoms with E-state index in [0.717, 1.165) is 0 Å². The molecule has 0 aliphatic rings. The van der Waals surface area contributed by atoms with E-state index in [2.05, 4.69) is 41.9 Å². The second-order valence-corrected chi connectivity index (χ2v) is 4.38. The summed E-state index contributed by atoms with van der Waals surface area (Å²) < 4.78 is 19.3. The third kappa shape index (κ3) is 1.81. The van der Waals surface area contributed by atoms with Crippen molar-refractivity contribution in [1.82, 2.24) is 0 Å². The van der Waals surface area contributed by atoms with Gasteiger partial charge in [0.25, 0.3) is 0 Å². The molecule has 0 radical (unpaired) electrons. The highest BCUT2D eigenvalue weighted by Crippen LogP contribution is 2.35. The molecule has 4 nitrogen and oxygen atoms in total. The van der Waals surface area contributed by atoms with E-state index < -0.39 is 0 Å². The lowest BCUT2D eigenvalue weighted by molar-refractivity contribution is 0.608. The standard InChI is InChI=1S/C9H4Br2FN3O/c10-3-5-4-1-8(14-15-13)16-9(4)6(11)2-7(5)12/h1-2H,3H2. The fourth-order valence-corrected chi connectivity index (χ4v) is 2.47. The molecule has 2 rings (SSSR count). The van der Waals surface area contributed by atoms with E-state index in [1.54, 1.807) is 0 Å². The number of azide groups is 1. The van der Waals surface area contributed by atoms with Crippen LogP contribution in [-0.2, 0) is 5.33 Å². The van der Waals surface area contributed by atoms with Gasteiger partial charge in [0.1, 0.15) is 11.4 Å². The monoisotopic (exact) mass is 347 g/mol. The number of furan rings is 1. The van der Waals surface area contributed by atoms with Gasteiger partial charge in [0.2, 0.25) is 0 Å². The molecule has 16 heavy (non-hydrogen) atoms. The zero-order valence-corrected chi connectivity index (χ0v) is 10.9. The number of alkyl halides is 1. The Bertz CT molecular complexity index is 604. The molecule has 0 N–H and O–H groups in total. The van der Waals surface area contributed by atoms with Crippen LogP contribution in [0.15, 0.2) is 26.1 Å². The number of halogens is 3. The molecule has 0 unspecified atom stereocenters. The molecule has 0 amide bonds. The molecule has 1 aromatic carbocycles. The normalized spacial score (nSPS) is 10.4. The molecule has 0 saturated heterocycles. The molecule has 0 saturated carbocycles. The number of benzene rings is 1. The van der Waals surface area contributed by atoms with E-state index in [-0.39, 0.29) is 11.7 Å². The van der Waals surface area contributed by atoms with Crippen LogP contribution in [0.4, 0.5) is 10.3 Å². The maximum absolute atomic E-state index is 13.6. The highest BCUT2D eigenvalue weighted by Gasteiger charge is 2.14. The first-order valence-electron chi connectivity index (χ1n) is 4.19. The van der Waals surface area contributed by atoms with E-state index >= 15 is 0 Å². The zero-order chi connectivity index (χ0) is 11.7. The molecule has 82 valence electrons. The largest absolute Gasteiger partial charge is 0.453 e. The minimum atomic E-state index is -0.343. The first-order valence-corrected chi connectivity index (χ1v) is 6.10. The molecular formula is C9H4Br2FN3O. The van der Waals surface area contributed by atoms with Gasteiger partial charge in [-0.3, -0.25) is 0 Å². The van der Waals surface area contributed by atoms with Crippen LogP contribution in [0.2, 0.25) is 0 Å².